The summed E-state index contributed by atoms with van der Waals surface area (Å²) in [5, 5.41) is 0. The highest BCUT2D eigenvalue weighted by atomic mass is 14.6. The molecule has 0 aromatic carbocycles. The van der Waals surface area contributed by atoms with E-state index >= 15 is 0 Å². The Kier molecular flexibility index (Phi) is 1.05. The first-order valence-electron chi connectivity index (χ1n) is 3.10. The van der Waals surface area contributed by atoms with Crippen LogP contribution in [0.2, 0.25) is 0 Å². The zero-order chi connectivity index (χ0) is 6.81. The van der Waals surface area contributed by atoms with Crippen molar-refractivity contribution < 1.29 is 1.43 Å². The summed E-state index contributed by atoms with van der Waals surface area (Å²) in [4.78, 5) is 0. The molecule has 2 rings (SSSR count). The minimum atomic E-state index is 0. The summed E-state index contributed by atoms with van der Waals surface area (Å²) in [5.74, 6) is 0. The van der Waals surface area contributed by atoms with Gasteiger partial charge in [0.2, 0.25) is 5.71 Å². The lowest BCUT2D eigenvalue weighted by Crippen LogP contribution is -2.05. The molecule has 0 aromatic rings. The molecule has 46 valence electrons. The number of fused-ring (bicyclic) bond motifs is 1. The molecular formula is C9H6N+. The van der Waals surface area contributed by atoms with Gasteiger partial charge in [-0.15, -0.1) is 11.8 Å². The normalized spacial score (nSPS) is 18.4. The topological polar surface area (TPSA) is 14.1 Å². The van der Waals surface area contributed by atoms with Gasteiger partial charge in [-0.2, -0.15) is 0 Å². The second-order valence-electron chi connectivity index (χ2n) is 2.06. The minimum Gasteiger partial charge on any atom is -0.213 e. The molecule has 0 fully saturated rings. The maximum absolute atomic E-state index is 4.02. The van der Waals surface area contributed by atoms with Crippen molar-refractivity contribution in [2.75, 3.05) is 0 Å². The summed E-state index contributed by atoms with van der Waals surface area (Å²) in [6.07, 6.45) is 12.3. The van der Waals surface area contributed by atoms with Crippen molar-refractivity contribution in [3.63, 3.8) is 0 Å². The van der Waals surface area contributed by atoms with Crippen LogP contribution >= 0.6 is 0 Å². The molecule has 0 radical (unpaired) electrons. The van der Waals surface area contributed by atoms with Crippen molar-refractivity contribution in [2.24, 2.45) is 0 Å². The van der Waals surface area contributed by atoms with Gasteiger partial charge in [0.1, 0.15) is 0 Å². The first-order chi connectivity index (χ1) is 4.97. The Morgan fingerprint density at radius 2 is 2.60 bits per heavy atom. The average Bonchev–Trinajstić information content (AvgIpc) is 2.05. The van der Waals surface area contributed by atoms with E-state index in [1.165, 1.54) is 0 Å². The Morgan fingerprint density at radius 3 is 3.50 bits per heavy atom. The lowest BCUT2D eigenvalue weighted by atomic mass is 10.1. The first-order valence-corrected chi connectivity index (χ1v) is 3.10. The number of rotatable bonds is 0. The van der Waals surface area contributed by atoms with Crippen molar-refractivity contribution in [1.29, 1.82) is 0 Å². The first kappa shape index (κ1) is 5.25. The third kappa shape index (κ3) is 0.708. The van der Waals surface area contributed by atoms with Crippen molar-refractivity contribution in [1.82, 2.24) is 4.67 Å². The van der Waals surface area contributed by atoms with Crippen LogP contribution in [0.3, 0.4) is 0 Å². The second-order valence-corrected chi connectivity index (χ2v) is 2.06. The lowest BCUT2D eigenvalue weighted by Gasteiger charge is -2.00. The molecule has 0 aromatic heterocycles. The van der Waals surface area contributed by atoms with Gasteiger partial charge in [-0.3, -0.25) is 0 Å². The Balaban J connectivity index is 0.000000605. The number of hydrogen-bond acceptors (Lipinski definition) is 0. The van der Waals surface area contributed by atoms with E-state index in [4.69, 9.17) is 0 Å². The molecule has 0 spiro atoms. The lowest BCUT2D eigenvalue weighted by molar-refractivity contribution is 1.59. The number of nitrogens with zero attached hydrogens (tertiary/aromatic N) is 1. The number of allylic oxidation sites excluding steroid dienone is 5. The Morgan fingerprint density at radius 1 is 1.60 bits per heavy atom. The fourth-order valence-corrected chi connectivity index (χ4v) is 0.905. The van der Waals surface area contributed by atoms with Crippen LogP contribution in [0.1, 0.15) is 1.43 Å². The smallest absolute Gasteiger partial charge is 0.213 e. The molecule has 0 saturated heterocycles. The zero-order valence-corrected chi connectivity index (χ0v) is 5.33. The predicted octanol–water partition coefficient (Wildman–Crippen LogP) is 0.776. The van der Waals surface area contributed by atoms with Crippen molar-refractivity contribution in [3.05, 3.63) is 41.7 Å². The van der Waals surface area contributed by atoms with Gasteiger partial charge in [0, 0.05) is 6.08 Å². The third-order valence-corrected chi connectivity index (χ3v) is 1.40. The highest BCUT2D eigenvalue weighted by Crippen LogP contribution is 2.04. The van der Waals surface area contributed by atoms with Gasteiger partial charge in [0.05, 0.1) is 0 Å². The Labute approximate surface area is 60.6 Å². The van der Waals surface area contributed by atoms with Crippen LogP contribution < -0.4 is 4.67 Å². The van der Waals surface area contributed by atoms with E-state index in [2.05, 4.69) is 16.6 Å². The van der Waals surface area contributed by atoms with E-state index < -0.39 is 0 Å². The summed E-state index contributed by atoms with van der Waals surface area (Å²) in [6.45, 7) is 0. The molecule has 1 heteroatoms. The fraction of sp³-hybridized carbons (Fsp3) is 0. The van der Waals surface area contributed by atoms with Gasteiger partial charge in [-0.05, 0) is 11.6 Å². The molecule has 0 bridgehead atoms. The molecule has 0 amide bonds. The molecule has 10 heavy (non-hydrogen) atoms. The molecule has 1 nitrogen and oxygen atoms in total. The summed E-state index contributed by atoms with van der Waals surface area (Å²) in [5.41, 5.74) is 5.04. The monoisotopic (exact) mass is 128 g/mol. The summed E-state index contributed by atoms with van der Waals surface area (Å²) >= 11 is 0. The van der Waals surface area contributed by atoms with E-state index in [0.717, 1.165) is 11.3 Å². The average molecular weight is 128 g/mol. The summed E-state index contributed by atoms with van der Waals surface area (Å²) < 4.78 is 4.02. The van der Waals surface area contributed by atoms with E-state index in [1.54, 1.807) is 0 Å². The van der Waals surface area contributed by atoms with Crippen molar-refractivity contribution in [2.45, 2.75) is 0 Å². The van der Waals surface area contributed by atoms with Crippen LogP contribution in [0.4, 0.5) is 0 Å². The largest absolute Gasteiger partial charge is 1.00 e. The molecule has 0 N–H and O–H groups in total. The van der Waals surface area contributed by atoms with Crippen LogP contribution in [0.15, 0.2) is 41.7 Å². The van der Waals surface area contributed by atoms with Crippen LogP contribution in [0.5, 0.6) is 0 Å². The highest BCUT2D eigenvalue weighted by molar-refractivity contribution is 6.13. The molecule has 1 aliphatic carbocycles. The molecule has 1 aliphatic heterocycles. The molecule has 1 heterocycles. The van der Waals surface area contributed by atoms with Gasteiger partial charge in [0.25, 0.3) is 6.21 Å². The van der Waals surface area contributed by atoms with Gasteiger partial charge < -0.3 is 0 Å². The molecular weight excluding hydrogens is 122 g/mol. The fourth-order valence-electron chi connectivity index (χ4n) is 0.905. The maximum atomic E-state index is 4.02. The standard InChI is InChI=1S/C9H5N/c1-2-6-9-8(4-1)5-3-7-10-9/h1,3-6H/p+1. The van der Waals surface area contributed by atoms with Crippen LogP contribution in [0.25, 0.3) is 0 Å². The van der Waals surface area contributed by atoms with Crippen LogP contribution in [-0.2, 0) is 0 Å². The van der Waals surface area contributed by atoms with Crippen molar-refractivity contribution in [3.8, 4) is 0 Å². The Hall–Kier alpha value is -1.55. The van der Waals surface area contributed by atoms with E-state index in [0.29, 0.717) is 0 Å². The molecule has 0 unspecified atom stereocenters. The zero-order valence-electron chi connectivity index (χ0n) is 6.33. The quantitative estimate of drug-likeness (QED) is 0.260. The minimum absolute atomic E-state index is 0. The summed E-state index contributed by atoms with van der Waals surface area (Å²) in [7, 11) is 0. The van der Waals surface area contributed by atoms with Gasteiger partial charge in [-0.1, -0.05) is 12.2 Å². The summed E-state index contributed by atoms with van der Waals surface area (Å²) in [6, 6.07) is 0. The van der Waals surface area contributed by atoms with E-state index in [-0.39, 0.29) is 1.43 Å². The second kappa shape index (κ2) is 2.00. The maximum Gasteiger partial charge on any atom is 1.00 e. The van der Waals surface area contributed by atoms with Crippen molar-refractivity contribution >= 4 is 11.9 Å². The SMILES string of the molecule is C1=CC=C2C=C[C-]=[N+]=C2C=1.[H+]. The van der Waals surface area contributed by atoms with Gasteiger partial charge >= 0.3 is 1.43 Å². The third-order valence-electron chi connectivity index (χ3n) is 1.40. The molecule has 0 saturated carbocycles. The Bertz CT molecular complexity index is 346. The molecule has 2 aliphatic rings. The van der Waals surface area contributed by atoms with Crippen LogP contribution in [0, 0.1) is 0 Å². The van der Waals surface area contributed by atoms with E-state index in [9.17, 15) is 0 Å². The van der Waals surface area contributed by atoms with Gasteiger partial charge in [-0.25, -0.2) is 4.67 Å². The van der Waals surface area contributed by atoms with Crippen LogP contribution in [-0.4, -0.2) is 11.9 Å². The van der Waals surface area contributed by atoms with Gasteiger partial charge in [0.15, 0.2) is 0 Å². The molecule has 0 atom stereocenters. The number of hydrogen-bond donors (Lipinski definition) is 0. The van der Waals surface area contributed by atoms with E-state index in [1.807, 2.05) is 30.4 Å². The highest BCUT2D eigenvalue weighted by Gasteiger charge is 2.03. The predicted molar refractivity (Wildman–Crippen MR) is 43.1 cm³/mol.